The van der Waals surface area contributed by atoms with Crippen LogP contribution in [-0.4, -0.2) is 49.2 Å². The quantitative estimate of drug-likeness (QED) is 0.726. The maximum absolute atomic E-state index is 12.0. The van der Waals surface area contributed by atoms with Crippen LogP contribution in [0, 0.1) is 0 Å². The topological polar surface area (TPSA) is 46.6 Å². The first-order chi connectivity index (χ1) is 7.27. The second-order valence-corrected chi connectivity index (χ2v) is 7.31. The molecule has 1 rings (SSSR count). The maximum Gasteiger partial charge on any atom is 0.214 e. The molecule has 0 amide bonds. The molecule has 0 bridgehead atoms. The number of sulfonamides is 1. The van der Waals surface area contributed by atoms with E-state index in [-0.39, 0.29) is 11.9 Å². The highest BCUT2D eigenvalue weighted by atomic mass is 35.5. The molecule has 1 aliphatic rings. The van der Waals surface area contributed by atoms with Crippen molar-refractivity contribution in [1.29, 1.82) is 0 Å². The van der Waals surface area contributed by atoms with Crippen LogP contribution in [0.2, 0.25) is 0 Å². The molecular weight excluding hydrogens is 250 g/mol. The monoisotopic (exact) mass is 269 g/mol. The van der Waals surface area contributed by atoms with E-state index in [1.807, 2.05) is 20.8 Å². The second-order valence-electron chi connectivity index (χ2n) is 4.84. The van der Waals surface area contributed by atoms with E-state index in [1.54, 1.807) is 0 Å². The molecule has 1 unspecified atom stereocenters. The smallest absolute Gasteiger partial charge is 0.214 e. The average molecular weight is 270 g/mol. The third-order valence-corrected chi connectivity index (χ3v) is 4.60. The SMILES string of the molecule is CC1CN(S(=O)(=O)CCCCl)CC(C)(C)O1. The van der Waals surface area contributed by atoms with E-state index < -0.39 is 15.6 Å². The molecule has 1 atom stereocenters. The number of hydrogen-bond donors (Lipinski definition) is 0. The third kappa shape index (κ3) is 3.87. The van der Waals surface area contributed by atoms with Crippen molar-refractivity contribution in [2.75, 3.05) is 24.7 Å². The molecular formula is C10H20ClNO3S. The highest BCUT2D eigenvalue weighted by molar-refractivity contribution is 7.89. The van der Waals surface area contributed by atoms with Crippen LogP contribution in [0.15, 0.2) is 0 Å². The Bertz CT molecular complexity index is 329. The van der Waals surface area contributed by atoms with Gasteiger partial charge < -0.3 is 4.74 Å². The standard InChI is InChI=1S/C10H20ClNO3S/c1-9-7-12(8-10(2,3)15-9)16(13,14)6-4-5-11/h9H,4-8H2,1-3H3. The first-order valence-electron chi connectivity index (χ1n) is 5.48. The summed E-state index contributed by atoms with van der Waals surface area (Å²) in [4.78, 5) is 0. The van der Waals surface area contributed by atoms with E-state index in [9.17, 15) is 8.42 Å². The molecule has 0 aromatic heterocycles. The minimum atomic E-state index is -3.18. The summed E-state index contributed by atoms with van der Waals surface area (Å²) < 4.78 is 31.2. The van der Waals surface area contributed by atoms with Crippen molar-refractivity contribution in [3.8, 4) is 0 Å². The van der Waals surface area contributed by atoms with Gasteiger partial charge in [-0.2, -0.15) is 4.31 Å². The number of rotatable bonds is 4. The van der Waals surface area contributed by atoms with Crippen molar-refractivity contribution in [3.63, 3.8) is 0 Å². The van der Waals surface area contributed by atoms with E-state index >= 15 is 0 Å². The van der Waals surface area contributed by atoms with Gasteiger partial charge in [0, 0.05) is 19.0 Å². The molecule has 16 heavy (non-hydrogen) atoms. The molecule has 1 aliphatic heterocycles. The lowest BCUT2D eigenvalue weighted by molar-refractivity contribution is -0.109. The zero-order valence-corrected chi connectivity index (χ0v) is 11.6. The number of halogens is 1. The van der Waals surface area contributed by atoms with Gasteiger partial charge >= 0.3 is 0 Å². The minimum Gasteiger partial charge on any atom is -0.370 e. The average Bonchev–Trinajstić information content (AvgIpc) is 2.11. The van der Waals surface area contributed by atoms with E-state index in [2.05, 4.69) is 0 Å². The normalized spacial score (nSPS) is 26.9. The van der Waals surface area contributed by atoms with Crippen molar-refractivity contribution in [2.24, 2.45) is 0 Å². The first kappa shape index (κ1) is 14.2. The van der Waals surface area contributed by atoms with Crippen LogP contribution in [-0.2, 0) is 14.8 Å². The van der Waals surface area contributed by atoms with Crippen LogP contribution in [0.4, 0.5) is 0 Å². The maximum atomic E-state index is 12.0. The Labute approximate surface area is 103 Å². The summed E-state index contributed by atoms with van der Waals surface area (Å²) in [6.07, 6.45) is 0.435. The number of alkyl halides is 1. The summed E-state index contributed by atoms with van der Waals surface area (Å²) >= 11 is 5.52. The van der Waals surface area contributed by atoms with E-state index in [0.29, 0.717) is 25.4 Å². The molecule has 0 aromatic carbocycles. The van der Waals surface area contributed by atoms with Gasteiger partial charge in [-0.25, -0.2) is 8.42 Å². The Morgan fingerprint density at radius 3 is 2.62 bits per heavy atom. The fraction of sp³-hybridized carbons (Fsp3) is 1.00. The van der Waals surface area contributed by atoms with E-state index in [1.165, 1.54) is 4.31 Å². The van der Waals surface area contributed by atoms with Gasteiger partial charge in [-0.15, -0.1) is 11.6 Å². The molecule has 4 nitrogen and oxygen atoms in total. The highest BCUT2D eigenvalue weighted by Crippen LogP contribution is 2.23. The number of hydrogen-bond acceptors (Lipinski definition) is 3. The third-order valence-electron chi connectivity index (χ3n) is 2.47. The summed E-state index contributed by atoms with van der Waals surface area (Å²) in [7, 11) is -3.18. The number of nitrogens with zero attached hydrogens (tertiary/aromatic N) is 1. The zero-order valence-electron chi connectivity index (χ0n) is 10.1. The largest absolute Gasteiger partial charge is 0.370 e. The van der Waals surface area contributed by atoms with Crippen molar-refractivity contribution in [2.45, 2.75) is 38.9 Å². The van der Waals surface area contributed by atoms with Gasteiger partial charge in [0.2, 0.25) is 10.0 Å². The zero-order chi connectivity index (χ0) is 12.4. The minimum absolute atomic E-state index is 0.0606. The van der Waals surface area contributed by atoms with Crippen molar-refractivity contribution in [1.82, 2.24) is 4.31 Å². The molecule has 6 heteroatoms. The fourth-order valence-electron chi connectivity index (χ4n) is 1.97. The molecule has 0 aliphatic carbocycles. The summed E-state index contributed by atoms with van der Waals surface area (Å²) in [5.41, 5.74) is -0.411. The molecule has 0 radical (unpaired) electrons. The van der Waals surface area contributed by atoms with Gasteiger partial charge in [0.05, 0.1) is 17.5 Å². The summed E-state index contributed by atoms with van der Waals surface area (Å²) in [5, 5.41) is 0. The molecule has 1 fully saturated rings. The molecule has 0 spiro atoms. The molecule has 0 aromatic rings. The Hall–Kier alpha value is 0.160. The van der Waals surface area contributed by atoms with Crippen molar-refractivity contribution >= 4 is 21.6 Å². The van der Waals surface area contributed by atoms with Crippen molar-refractivity contribution in [3.05, 3.63) is 0 Å². The number of morpholine rings is 1. The first-order valence-corrected chi connectivity index (χ1v) is 7.63. The predicted octanol–water partition coefficient (Wildman–Crippen LogP) is 1.44. The summed E-state index contributed by atoms with van der Waals surface area (Å²) in [6.45, 7) is 6.57. The predicted molar refractivity (Wildman–Crippen MR) is 65.3 cm³/mol. The Morgan fingerprint density at radius 1 is 1.50 bits per heavy atom. The Kier molecular flexibility index (Phi) is 4.63. The lowest BCUT2D eigenvalue weighted by atomic mass is 10.1. The van der Waals surface area contributed by atoms with Gasteiger partial charge in [-0.1, -0.05) is 0 Å². The van der Waals surface area contributed by atoms with Gasteiger partial charge in [0.25, 0.3) is 0 Å². The van der Waals surface area contributed by atoms with Gasteiger partial charge in [0.15, 0.2) is 0 Å². The van der Waals surface area contributed by atoms with Gasteiger partial charge in [0.1, 0.15) is 0 Å². The van der Waals surface area contributed by atoms with Crippen LogP contribution in [0.1, 0.15) is 27.2 Å². The lowest BCUT2D eigenvalue weighted by Gasteiger charge is -2.40. The lowest BCUT2D eigenvalue weighted by Crippen LogP contribution is -2.54. The second kappa shape index (κ2) is 5.21. The van der Waals surface area contributed by atoms with Gasteiger partial charge in [-0.05, 0) is 27.2 Å². The fourth-order valence-corrected chi connectivity index (χ4v) is 3.98. The van der Waals surface area contributed by atoms with E-state index in [0.717, 1.165) is 0 Å². The van der Waals surface area contributed by atoms with Crippen LogP contribution >= 0.6 is 11.6 Å². The summed E-state index contributed by atoms with van der Waals surface area (Å²) in [5.74, 6) is 0.502. The van der Waals surface area contributed by atoms with Crippen LogP contribution in [0.5, 0.6) is 0 Å². The van der Waals surface area contributed by atoms with Crippen LogP contribution < -0.4 is 0 Å². The molecule has 96 valence electrons. The summed E-state index contributed by atoms with van der Waals surface area (Å²) in [6, 6.07) is 0. The highest BCUT2D eigenvalue weighted by Gasteiger charge is 2.36. The van der Waals surface area contributed by atoms with Crippen molar-refractivity contribution < 1.29 is 13.2 Å². The molecule has 0 saturated carbocycles. The molecule has 1 heterocycles. The van der Waals surface area contributed by atoms with Crippen LogP contribution in [0.3, 0.4) is 0 Å². The number of ether oxygens (including phenoxy) is 1. The molecule has 0 N–H and O–H groups in total. The van der Waals surface area contributed by atoms with Crippen LogP contribution in [0.25, 0.3) is 0 Å². The van der Waals surface area contributed by atoms with Gasteiger partial charge in [-0.3, -0.25) is 0 Å². The Balaban J connectivity index is 2.72. The Morgan fingerprint density at radius 2 is 2.12 bits per heavy atom. The van der Waals surface area contributed by atoms with E-state index in [4.69, 9.17) is 16.3 Å². The molecule has 1 saturated heterocycles.